The van der Waals surface area contributed by atoms with Gasteiger partial charge in [0.2, 0.25) is 11.3 Å². The Kier molecular flexibility index (Phi) is 8.20. The number of ether oxygens (including phenoxy) is 1. The number of aryl methyl sites for hydroxylation is 1. The molecule has 6 N–H and O–H groups in total. The molecule has 7 rings (SSSR count). The van der Waals surface area contributed by atoms with Crippen LogP contribution in [0.15, 0.2) is 53.6 Å². The third-order valence-electron chi connectivity index (χ3n) is 7.76. The monoisotopic (exact) mass is 577 g/mol. The van der Waals surface area contributed by atoms with E-state index in [1.165, 1.54) is 12.8 Å². The first kappa shape index (κ1) is 29.2. The van der Waals surface area contributed by atoms with Gasteiger partial charge in [-0.25, -0.2) is 4.31 Å². The average Bonchev–Trinajstić information content (AvgIpc) is 3.25. The van der Waals surface area contributed by atoms with E-state index in [1.54, 1.807) is 54.4 Å². The summed E-state index contributed by atoms with van der Waals surface area (Å²) in [5.41, 5.74) is 6.36. The number of anilines is 1. The fourth-order valence-electron chi connectivity index (χ4n) is 5.45. The first-order chi connectivity index (χ1) is 19.7. The van der Waals surface area contributed by atoms with Gasteiger partial charge < -0.3 is 31.2 Å². The predicted octanol–water partition coefficient (Wildman–Crippen LogP) is 4.32. The van der Waals surface area contributed by atoms with Crippen LogP contribution in [0.5, 0.6) is 5.75 Å². The van der Waals surface area contributed by atoms with Gasteiger partial charge in [0.15, 0.2) is 0 Å². The van der Waals surface area contributed by atoms with Crippen molar-refractivity contribution in [1.82, 2.24) is 19.9 Å². The molecule has 0 radical (unpaired) electrons. The zero-order valence-electron chi connectivity index (χ0n) is 24.0. The van der Waals surface area contributed by atoms with Crippen molar-refractivity contribution in [3.05, 3.63) is 76.5 Å². The normalized spacial score (nSPS) is 23.8. The number of para-hydroxylation sites is 1. The van der Waals surface area contributed by atoms with Gasteiger partial charge in [-0.2, -0.15) is 0 Å². The van der Waals surface area contributed by atoms with E-state index < -0.39 is 23.0 Å². The number of nitrogens with two attached hydrogens (primary N) is 1. The third-order valence-corrected chi connectivity index (χ3v) is 8.80. The number of nitrogen functional groups attached to an aromatic ring is 1. The molecule has 3 heterocycles. The van der Waals surface area contributed by atoms with Crippen molar-refractivity contribution in [1.29, 1.82) is 0 Å². The smallest absolute Gasteiger partial charge is 0.271 e. The number of nitrogens with one attached hydrogen (secondary N) is 3. The van der Waals surface area contributed by atoms with Crippen molar-refractivity contribution in [3.63, 3.8) is 0 Å². The Bertz CT molecular complexity index is 1450. The second-order valence-electron chi connectivity index (χ2n) is 11.1. The van der Waals surface area contributed by atoms with Gasteiger partial charge in [0.1, 0.15) is 11.4 Å². The highest BCUT2D eigenvalue weighted by Crippen LogP contribution is 2.58. The fourth-order valence-corrected chi connectivity index (χ4v) is 6.54. The molecular formula is C31H39N5O4S. The van der Waals surface area contributed by atoms with E-state index in [0.717, 1.165) is 42.4 Å². The summed E-state index contributed by atoms with van der Waals surface area (Å²) < 4.78 is 8.23. The van der Waals surface area contributed by atoms with Gasteiger partial charge in [-0.15, -0.1) is 0 Å². The van der Waals surface area contributed by atoms with Crippen molar-refractivity contribution in [2.75, 3.05) is 32.9 Å². The Balaban J connectivity index is 0.000000430. The van der Waals surface area contributed by atoms with Crippen LogP contribution in [0.25, 0.3) is 0 Å². The van der Waals surface area contributed by atoms with Crippen molar-refractivity contribution in [2.24, 2.45) is 5.92 Å². The summed E-state index contributed by atoms with van der Waals surface area (Å²) in [6, 6.07) is 13.6. The molecule has 10 heteroatoms. The number of Topliss-reactive ketones (excluding diaryl/α,β-unsaturated/α-hetero) is 1. The standard InChI is InChI=1S/C25H24N4O4S.C4H8.C2H7N/c1-14-13-19(34-29-11-4-5-12-29)27-21(14)23(31)28-24-15-7-2-3-10-18(15)33-25(24,32)16-8-6-9-17(26)20(16)22(24)30;1-4-2-3-4;1-3-2/h2-3,6-10,13,27,32H,4-5,11-12,26H2,1H3,(H,28,31);4H,2-3H2,1H3;3H,1-2H3. The summed E-state index contributed by atoms with van der Waals surface area (Å²) in [6.07, 6.45) is 5.29. The van der Waals surface area contributed by atoms with Crippen molar-refractivity contribution in [3.8, 4) is 5.75 Å². The number of carbonyl (C=O) groups excluding carboxylic acids is 2. The van der Waals surface area contributed by atoms with Crippen molar-refractivity contribution < 1.29 is 19.4 Å². The Hall–Kier alpha value is -3.31. The number of fused-ring (bicyclic) bond motifs is 5. The molecule has 2 atom stereocenters. The molecule has 2 aliphatic heterocycles. The summed E-state index contributed by atoms with van der Waals surface area (Å²) in [6.45, 7) is 6.12. The number of aromatic nitrogens is 1. The number of ketones is 1. The number of amides is 1. The molecule has 1 aromatic heterocycles. The van der Waals surface area contributed by atoms with Crippen LogP contribution in [0.4, 0.5) is 5.69 Å². The second kappa shape index (κ2) is 11.5. The molecule has 41 heavy (non-hydrogen) atoms. The van der Waals surface area contributed by atoms with Gasteiger partial charge in [-0.3, -0.25) is 9.59 Å². The summed E-state index contributed by atoms with van der Waals surface area (Å²) in [5.74, 6) is -1.72. The highest BCUT2D eigenvalue weighted by Gasteiger charge is 2.72. The zero-order valence-corrected chi connectivity index (χ0v) is 24.9. The Labute approximate surface area is 245 Å². The predicted molar refractivity (Wildman–Crippen MR) is 161 cm³/mol. The van der Waals surface area contributed by atoms with Crippen molar-refractivity contribution >= 4 is 29.3 Å². The second-order valence-corrected chi connectivity index (χ2v) is 12.3. The lowest BCUT2D eigenvalue weighted by molar-refractivity contribution is -0.169. The average molecular weight is 578 g/mol. The molecule has 1 amide bonds. The quantitative estimate of drug-likeness (QED) is 0.229. The maximum absolute atomic E-state index is 13.9. The minimum Gasteiger partial charge on any atom is -0.454 e. The van der Waals surface area contributed by atoms with Crippen LogP contribution < -0.4 is 21.1 Å². The number of benzene rings is 2. The number of aromatic amines is 1. The van der Waals surface area contributed by atoms with Crippen LogP contribution >= 0.6 is 11.9 Å². The first-order valence-corrected chi connectivity index (χ1v) is 14.9. The molecule has 2 aromatic carbocycles. The number of carbonyl (C=O) groups is 2. The minimum absolute atomic E-state index is 0.160. The molecule has 4 aliphatic rings. The number of hydrogen-bond acceptors (Lipinski definition) is 8. The van der Waals surface area contributed by atoms with Crippen LogP contribution in [0.2, 0.25) is 0 Å². The van der Waals surface area contributed by atoms with Gasteiger partial charge in [0.25, 0.3) is 11.7 Å². The number of H-pyrrole nitrogens is 1. The van der Waals surface area contributed by atoms with E-state index in [2.05, 4.69) is 26.8 Å². The lowest BCUT2D eigenvalue weighted by atomic mass is 9.82. The van der Waals surface area contributed by atoms with Gasteiger partial charge in [-0.1, -0.05) is 50.1 Å². The highest BCUT2D eigenvalue weighted by molar-refractivity contribution is 7.97. The number of aliphatic hydroxyl groups is 1. The zero-order chi connectivity index (χ0) is 29.4. The molecule has 0 bridgehead atoms. The van der Waals surface area contributed by atoms with E-state index in [-0.39, 0.29) is 16.8 Å². The largest absolute Gasteiger partial charge is 0.454 e. The van der Waals surface area contributed by atoms with E-state index in [9.17, 15) is 14.7 Å². The van der Waals surface area contributed by atoms with E-state index >= 15 is 0 Å². The molecule has 1 saturated heterocycles. The highest BCUT2D eigenvalue weighted by atomic mass is 32.2. The van der Waals surface area contributed by atoms with Crippen LogP contribution in [-0.4, -0.2) is 53.3 Å². The van der Waals surface area contributed by atoms with E-state index in [4.69, 9.17) is 10.5 Å². The Morgan fingerprint density at radius 1 is 1.12 bits per heavy atom. The molecule has 9 nitrogen and oxygen atoms in total. The van der Waals surface area contributed by atoms with Crippen LogP contribution in [-0.2, 0) is 11.3 Å². The maximum atomic E-state index is 13.9. The van der Waals surface area contributed by atoms with Gasteiger partial charge in [-0.05, 0) is 75.5 Å². The SMILES string of the molecule is CC1CC1.CNC.Cc1cc(SN2CCCC2)[nH]c1C(=O)NC12C(=O)c3c(N)cccc3C1(O)Oc1ccccc12. The van der Waals surface area contributed by atoms with Crippen LogP contribution in [0.1, 0.15) is 70.1 Å². The molecule has 218 valence electrons. The molecule has 2 fully saturated rings. The number of hydrogen-bond donors (Lipinski definition) is 5. The lowest BCUT2D eigenvalue weighted by Gasteiger charge is -2.34. The van der Waals surface area contributed by atoms with Gasteiger partial charge in [0.05, 0.1) is 10.6 Å². The third kappa shape index (κ3) is 5.14. The van der Waals surface area contributed by atoms with E-state index in [1.807, 2.05) is 27.1 Å². The fraction of sp³-hybridized carbons (Fsp3) is 0.419. The number of nitrogens with zero attached hydrogens (tertiary/aromatic N) is 1. The molecular weight excluding hydrogens is 538 g/mol. The minimum atomic E-state index is -2.12. The molecule has 0 spiro atoms. The summed E-state index contributed by atoms with van der Waals surface area (Å²) in [5, 5.41) is 18.3. The Morgan fingerprint density at radius 2 is 1.76 bits per heavy atom. The molecule has 2 aliphatic carbocycles. The molecule has 3 aromatic rings. The van der Waals surface area contributed by atoms with Crippen LogP contribution in [0, 0.1) is 12.8 Å². The topological polar surface area (TPSA) is 133 Å². The van der Waals surface area contributed by atoms with E-state index in [0.29, 0.717) is 17.0 Å². The maximum Gasteiger partial charge on any atom is 0.271 e. The van der Waals surface area contributed by atoms with Gasteiger partial charge >= 0.3 is 0 Å². The lowest BCUT2D eigenvalue weighted by Crippen LogP contribution is -2.60. The summed E-state index contributed by atoms with van der Waals surface area (Å²) in [7, 11) is 3.75. The molecule has 1 saturated carbocycles. The summed E-state index contributed by atoms with van der Waals surface area (Å²) >= 11 is 1.58. The van der Waals surface area contributed by atoms with Crippen molar-refractivity contribution in [2.45, 2.75) is 55.9 Å². The summed E-state index contributed by atoms with van der Waals surface area (Å²) in [4.78, 5) is 30.7. The number of rotatable bonds is 4. The Morgan fingerprint density at radius 3 is 2.41 bits per heavy atom. The van der Waals surface area contributed by atoms with Crippen LogP contribution in [0.3, 0.4) is 0 Å². The van der Waals surface area contributed by atoms with Gasteiger partial charge in [0, 0.05) is 29.9 Å². The molecule has 2 unspecified atom stereocenters. The first-order valence-electron chi connectivity index (χ1n) is 14.1.